The van der Waals surface area contributed by atoms with E-state index in [1.807, 2.05) is 13.8 Å². The molecule has 0 aliphatic carbocycles. The summed E-state index contributed by atoms with van der Waals surface area (Å²) < 4.78 is 0. The van der Waals surface area contributed by atoms with E-state index in [-0.39, 0.29) is 5.92 Å². The zero-order valence-corrected chi connectivity index (χ0v) is 8.30. The first-order chi connectivity index (χ1) is 6.43. The fourth-order valence-electron chi connectivity index (χ4n) is 1.80. The molecule has 2 atom stereocenters. The highest BCUT2D eigenvalue weighted by Crippen LogP contribution is 2.28. The normalized spacial score (nSPS) is 26.9. The summed E-state index contributed by atoms with van der Waals surface area (Å²) in [5, 5.41) is 17.6. The van der Waals surface area contributed by atoms with Gasteiger partial charge in [0.15, 0.2) is 0 Å². The fourth-order valence-corrected chi connectivity index (χ4v) is 1.80. The number of likely N-dealkylation sites (tertiary alicyclic amines) is 1. The lowest BCUT2D eigenvalue weighted by atomic mass is 9.93. The maximum Gasteiger partial charge on any atom is 0.408 e. The molecule has 80 valence electrons. The van der Waals surface area contributed by atoms with E-state index in [1.165, 1.54) is 0 Å². The van der Waals surface area contributed by atoms with E-state index in [1.54, 1.807) is 0 Å². The number of carbonyl (C=O) groups is 2. The smallest absolute Gasteiger partial charge is 0.408 e. The number of carboxylic acids is 1. The standard InChI is InChI=1S/C9H15NO4/c1-5(2)6-3-7(8(11)12)10(4-6)9(13)14/h5-7H,3-4H2,1-2H3,(H,11,12)(H,13,14)/t6-,7-/m0/s1. The van der Waals surface area contributed by atoms with Gasteiger partial charge in [-0.3, -0.25) is 4.90 Å². The van der Waals surface area contributed by atoms with Crippen LogP contribution in [0.3, 0.4) is 0 Å². The van der Waals surface area contributed by atoms with Crippen molar-refractivity contribution in [3.8, 4) is 0 Å². The van der Waals surface area contributed by atoms with Gasteiger partial charge in [0, 0.05) is 6.54 Å². The highest BCUT2D eigenvalue weighted by atomic mass is 16.4. The van der Waals surface area contributed by atoms with Crippen molar-refractivity contribution in [1.82, 2.24) is 4.90 Å². The number of nitrogens with zero attached hydrogens (tertiary/aromatic N) is 1. The molecule has 0 aromatic carbocycles. The number of aliphatic carboxylic acids is 1. The van der Waals surface area contributed by atoms with Crippen LogP contribution in [-0.2, 0) is 4.79 Å². The molecule has 0 bridgehead atoms. The molecule has 1 heterocycles. The van der Waals surface area contributed by atoms with E-state index in [0.717, 1.165) is 4.90 Å². The zero-order valence-electron chi connectivity index (χ0n) is 8.30. The second-order valence-corrected chi connectivity index (χ2v) is 4.03. The van der Waals surface area contributed by atoms with Gasteiger partial charge in [-0.1, -0.05) is 13.8 Å². The second-order valence-electron chi connectivity index (χ2n) is 4.03. The molecule has 1 aliphatic rings. The molecule has 0 unspecified atom stereocenters. The van der Waals surface area contributed by atoms with Crippen LogP contribution < -0.4 is 0 Å². The molecule has 1 rings (SSSR count). The van der Waals surface area contributed by atoms with Crippen LogP contribution in [0, 0.1) is 11.8 Å². The topological polar surface area (TPSA) is 77.8 Å². The van der Waals surface area contributed by atoms with Gasteiger partial charge in [-0.05, 0) is 18.3 Å². The summed E-state index contributed by atoms with van der Waals surface area (Å²) in [5.74, 6) is -0.566. The Morgan fingerprint density at radius 1 is 1.36 bits per heavy atom. The molecule has 1 fully saturated rings. The average molecular weight is 201 g/mol. The van der Waals surface area contributed by atoms with Gasteiger partial charge in [-0.2, -0.15) is 0 Å². The molecule has 1 saturated heterocycles. The Balaban J connectivity index is 2.75. The number of rotatable bonds is 2. The predicted molar refractivity (Wildman–Crippen MR) is 49.1 cm³/mol. The summed E-state index contributed by atoms with van der Waals surface area (Å²) in [6, 6.07) is -0.861. The average Bonchev–Trinajstić information content (AvgIpc) is 2.47. The summed E-state index contributed by atoms with van der Waals surface area (Å²) in [4.78, 5) is 22.5. The van der Waals surface area contributed by atoms with Crippen LogP contribution in [0.25, 0.3) is 0 Å². The number of hydrogen-bond acceptors (Lipinski definition) is 2. The minimum atomic E-state index is -1.14. The molecule has 0 radical (unpaired) electrons. The maximum absolute atomic E-state index is 10.8. The lowest BCUT2D eigenvalue weighted by Gasteiger charge is -2.17. The van der Waals surface area contributed by atoms with Gasteiger partial charge < -0.3 is 10.2 Å². The van der Waals surface area contributed by atoms with Crippen LogP contribution in [0.1, 0.15) is 20.3 Å². The van der Waals surface area contributed by atoms with Crippen molar-refractivity contribution >= 4 is 12.1 Å². The first kappa shape index (κ1) is 10.8. The van der Waals surface area contributed by atoms with E-state index < -0.39 is 18.1 Å². The van der Waals surface area contributed by atoms with Crippen molar-refractivity contribution in [3.05, 3.63) is 0 Å². The van der Waals surface area contributed by atoms with E-state index in [4.69, 9.17) is 10.2 Å². The highest BCUT2D eigenvalue weighted by molar-refractivity contribution is 5.80. The molecule has 2 N–H and O–H groups in total. The van der Waals surface area contributed by atoms with Gasteiger partial charge in [0.1, 0.15) is 6.04 Å². The van der Waals surface area contributed by atoms with Crippen molar-refractivity contribution in [2.45, 2.75) is 26.3 Å². The Bertz CT molecular complexity index is 229. The van der Waals surface area contributed by atoms with Crippen molar-refractivity contribution in [2.75, 3.05) is 6.54 Å². The molecule has 0 aromatic heterocycles. The fraction of sp³-hybridized carbons (Fsp3) is 0.778. The van der Waals surface area contributed by atoms with Crippen LogP contribution in [-0.4, -0.2) is 39.8 Å². The summed E-state index contributed by atoms with van der Waals surface area (Å²) in [5.41, 5.74) is 0. The molecule has 14 heavy (non-hydrogen) atoms. The molecule has 1 aliphatic heterocycles. The third kappa shape index (κ3) is 1.97. The monoisotopic (exact) mass is 201 g/mol. The van der Waals surface area contributed by atoms with Gasteiger partial charge in [-0.15, -0.1) is 0 Å². The minimum Gasteiger partial charge on any atom is -0.480 e. The Morgan fingerprint density at radius 3 is 2.21 bits per heavy atom. The second kappa shape index (κ2) is 3.86. The summed E-state index contributed by atoms with van der Waals surface area (Å²) >= 11 is 0. The third-order valence-corrected chi connectivity index (χ3v) is 2.81. The first-order valence-electron chi connectivity index (χ1n) is 4.65. The van der Waals surface area contributed by atoms with Gasteiger partial charge in [0.2, 0.25) is 0 Å². The lowest BCUT2D eigenvalue weighted by Crippen LogP contribution is -2.39. The van der Waals surface area contributed by atoms with Crippen LogP contribution in [0.5, 0.6) is 0 Å². The van der Waals surface area contributed by atoms with Gasteiger partial charge in [0.05, 0.1) is 0 Å². The van der Waals surface area contributed by atoms with E-state index in [9.17, 15) is 9.59 Å². The summed E-state index contributed by atoms with van der Waals surface area (Å²) in [7, 11) is 0. The SMILES string of the molecule is CC(C)[C@H]1C[C@@H](C(=O)O)N(C(=O)O)C1. The van der Waals surface area contributed by atoms with Crippen LogP contribution >= 0.6 is 0 Å². The highest BCUT2D eigenvalue weighted by Gasteiger charge is 2.40. The van der Waals surface area contributed by atoms with E-state index in [2.05, 4.69) is 0 Å². The Kier molecular flexibility index (Phi) is 2.98. The van der Waals surface area contributed by atoms with Crippen LogP contribution in [0.15, 0.2) is 0 Å². The van der Waals surface area contributed by atoms with Gasteiger partial charge in [0.25, 0.3) is 0 Å². The number of carboxylic acid groups (broad SMARTS) is 2. The van der Waals surface area contributed by atoms with Crippen molar-refractivity contribution in [3.63, 3.8) is 0 Å². The van der Waals surface area contributed by atoms with Gasteiger partial charge >= 0.3 is 12.1 Å². The van der Waals surface area contributed by atoms with Gasteiger partial charge in [-0.25, -0.2) is 9.59 Å². The van der Waals surface area contributed by atoms with Crippen molar-refractivity contribution in [2.24, 2.45) is 11.8 Å². The Morgan fingerprint density at radius 2 is 1.93 bits per heavy atom. The van der Waals surface area contributed by atoms with Crippen LogP contribution in [0.4, 0.5) is 4.79 Å². The summed E-state index contributed by atoms with van der Waals surface area (Å²) in [6.45, 7) is 4.30. The quantitative estimate of drug-likeness (QED) is 0.701. The Hall–Kier alpha value is -1.26. The van der Waals surface area contributed by atoms with Crippen molar-refractivity contribution < 1.29 is 19.8 Å². The van der Waals surface area contributed by atoms with E-state index >= 15 is 0 Å². The third-order valence-electron chi connectivity index (χ3n) is 2.81. The molecular weight excluding hydrogens is 186 g/mol. The van der Waals surface area contributed by atoms with Crippen LogP contribution in [0.2, 0.25) is 0 Å². The number of hydrogen-bond donors (Lipinski definition) is 2. The van der Waals surface area contributed by atoms with Crippen molar-refractivity contribution in [1.29, 1.82) is 0 Å². The first-order valence-corrected chi connectivity index (χ1v) is 4.65. The predicted octanol–water partition coefficient (Wildman–Crippen LogP) is 1.10. The molecule has 5 heteroatoms. The molecule has 0 aromatic rings. The van der Waals surface area contributed by atoms with E-state index in [0.29, 0.717) is 18.9 Å². The zero-order chi connectivity index (χ0) is 10.9. The number of amides is 1. The molecular formula is C9H15NO4. The minimum absolute atomic E-state index is 0.159. The molecule has 1 amide bonds. The molecule has 0 saturated carbocycles. The molecule has 5 nitrogen and oxygen atoms in total. The Labute approximate surface area is 82.3 Å². The summed E-state index contributed by atoms with van der Waals surface area (Å²) in [6.07, 6.45) is -0.709. The maximum atomic E-state index is 10.8. The lowest BCUT2D eigenvalue weighted by molar-refractivity contribution is -0.141. The largest absolute Gasteiger partial charge is 0.480 e. The molecule has 0 spiro atoms.